The van der Waals surface area contributed by atoms with E-state index in [9.17, 15) is 14.4 Å². The van der Waals surface area contributed by atoms with Crippen molar-refractivity contribution in [1.82, 2.24) is 10.6 Å². The van der Waals surface area contributed by atoms with Crippen molar-refractivity contribution in [2.75, 3.05) is 19.8 Å². The summed E-state index contributed by atoms with van der Waals surface area (Å²) in [4.78, 5) is 32.9. The monoisotopic (exact) mass is 262 g/mol. The van der Waals surface area contributed by atoms with Crippen LogP contribution in [0.3, 0.4) is 0 Å². The first kappa shape index (κ1) is 16.2. The number of aliphatic hydroxyl groups excluding tert-OH is 1. The zero-order chi connectivity index (χ0) is 14.0. The van der Waals surface area contributed by atoms with Crippen LogP contribution in [0, 0.1) is 0 Å². The van der Waals surface area contributed by atoms with Crippen LogP contribution in [0.4, 0.5) is 4.79 Å². The average molecular weight is 262 g/mol. The lowest BCUT2D eigenvalue weighted by Crippen LogP contribution is -2.46. The van der Waals surface area contributed by atoms with Crippen LogP contribution in [0.2, 0.25) is 0 Å². The molecule has 0 unspecified atom stereocenters. The molecule has 0 aliphatic heterocycles. The number of nitrogens with one attached hydrogen (secondary N) is 2. The molecule has 0 aromatic heterocycles. The third kappa shape index (κ3) is 7.44. The van der Waals surface area contributed by atoms with E-state index < -0.39 is 24.0 Å². The fourth-order valence-corrected chi connectivity index (χ4v) is 1.11. The molecule has 0 aromatic rings. The molecule has 2 amide bonds. The molecule has 8 nitrogen and oxygen atoms in total. The van der Waals surface area contributed by atoms with E-state index in [-0.39, 0.29) is 32.6 Å². The Morgan fingerprint density at radius 1 is 1.33 bits per heavy atom. The van der Waals surface area contributed by atoms with Crippen LogP contribution in [-0.4, -0.2) is 54.0 Å². The van der Waals surface area contributed by atoms with Crippen molar-refractivity contribution in [2.24, 2.45) is 0 Å². The SMILES string of the molecule is CCOC(=O)CCNC(=O)N[C@H](CCO)C(=O)O. The fraction of sp³-hybridized carbons (Fsp3) is 0.700. The molecule has 18 heavy (non-hydrogen) atoms. The standard InChI is InChI=1S/C10H18N2O6/c1-2-18-8(14)3-5-11-10(17)12-7(4-6-13)9(15)16/h7,13H,2-6H2,1H3,(H,15,16)(H2,11,12,17)/t7-/m1/s1. The maximum Gasteiger partial charge on any atom is 0.326 e. The van der Waals surface area contributed by atoms with Gasteiger partial charge < -0.3 is 25.6 Å². The predicted octanol–water partition coefficient (Wildman–Crippen LogP) is -0.926. The van der Waals surface area contributed by atoms with Crippen molar-refractivity contribution in [3.8, 4) is 0 Å². The molecule has 0 saturated carbocycles. The molecule has 0 spiro atoms. The molecule has 0 aromatic carbocycles. The number of amides is 2. The second-order valence-corrected chi connectivity index (χ2v) is 3.36. The molecular formula is C10H18N2O6. The highest BCUT2D eigenvalue weighted by atomic mass is 16.5. The highest BCUT2D eigenvalue weighted by Gasteiger charge is 2.18. The van der Waals surface area contributed by atoms with Crippen LogP contribution < -0.4 is 10.6 Å². The Balaban J connectivity index is 3.88. The summed E-state index contributed by atoms with van der Waals surface area (Å²) in [5, 5.41) is 21.8. The molecule has 0 rings (SSSR count). The number of rotatable bonds is 8. The number of carboxylic acids is 1. The van der Waals surface area contributed by atoms with E-state index in [4.69, 9.17) is 10.2 Å². The maximum absolute atomic E-state index is 11.3. The van der Waals surface area contributed by atoms with Gasteiger partial charge in [0.05, 0.1) is 13.0 Å². The molecule has 0 heterocycles. The van der Waals surface area contributed by atoms with Crippen molar-refractivity contribution < 1.29 is 29.3 Å². The van der Waals surface area contributed by atoms with Gasteiger partial charge in [-0.05, 0) is 6.92 Å². The van der Waals surface area contributed by atoms with Crippen LogP contribution in [0.25, 0.3) is 0 Å². The van der Waals surface area contributed by atoms with E-state index in [1.165, 1.54) is 0 Å². The summed E-state index contributed by atoms with van der Waals surface area (Å²) in [6, 6.07) is -1.86. The highest BCUT2D eigenvalue weighted by molar-refractivity contribution is 5.82. The maximum atomic E-state index is 11.3. The van der Waals surface area contributed by atoms with E-state index in [1.54, 1.807) is 6.92 Å². The summed E-state index contributed by atoms with van der Waals surface area (Å²) in [5.74, 6) is -1.67. The van der Waals surface area contributed by atoms with Gasteiger partial charge in [0, 0.05) is 19.6 Å². The minimum absolute atomic E-state index is 0.0129. The lowest BCUT2D eigenvalue weighted by atomic mass is 10.2. The summed E-state index contributed by atoms with van der Waals surface area (Å²) in [6.45, 7) is 1.64. The van der Waals surface area contributed by atoms with Gasteiger partial charge in [-0.25, -0.2) is 9.59 Å². The number of aliphatic hydroxyl groups is 1. The number of hydrogen-bond acceptors (Lipinski definition) is 5. The first-order valence-corrected chi connectivity index (χ1v) is 5.54. The second-order valence-electron chi connectivity index (χ2n) is 3.36. The Labute approximate surface area is 104 Å². The predicted molar refractivity (Wildman–Crippen MR) is 60.9 cm³/mol. The topological polar surface area (TPSA) is 125 Å². The Bertz CT molecular complexity index is 294. The van der Waals surface area contributed by atoms with Crippen molar-refractivity contribution in [3.05, 3.63) is 0 Å². The first-order chi connectivity index (χ1) is 8.51. The van der Waals surface area contributed by atoms with Crippen molar-refractivity contribution in [3.63, 3.8) is 0 Å². The summed E-state index contributed by atoms with van der Waals surface area (Å²) in [7, 11) is 0. The molecule has 4 N–H and O–H groups in total. The smallest absolute Gasteiger partial charge is 0.326 e. The quantitative estimate of drug-likeness (QED) is 0.419. The number of hydrogen-bond donors (Lipinski definition) is 4. The van der Waals surface area contributed by atoms with Gasteiger partial charge >= 0.3 is 18.0 Å². The molecule has 104 valence electrons. The number of carbonyl (C=O) groups excluding carboxylic acids is 2. The number of aliphatic carboxylic acids is 1. The van der Waals surface area contributed by atoms with Gasteiger partial charge in [-0.15, -0.1) is 0 Å². The Morgan fingerprint density at radius 3 is 2.50 bits per heavy atom. The van der Waals surface area contributed by atoms with E-state index in [2.05, 4.69) is 15.4 Å². The van der Waals surface area contributed by atoms with Crippen molar-refractivity contribution in [2.45, 2.75) is 25.8 Å². The minimum Gasteiger partial charge on any atom is -0.480 e. The summed E-state index contributed by atoms with van der Waals surface area (Å²) in [6.07, 6.45) is -0.0698. The zero-order valence-electron chi connectivity index (χ0n) is 10.1. The molecule has 0 saturated heterocycles. The summed E-state index contributed by atoms with van der Waals surface area (Å²) in [5.41, 5.74) is 0. The van der Waals surface area contributed by atoms with Crippen molar-refractivity contribution in [1.29, 1.82) is 0 Å². The van der Waals surface area contributed by atoms with E-state index in [1.807, 2.05) is 0 Å². The van der Waals surface area contributed by atoms with Crippen LogP contribution in [0.15, 0.2) is 0 Å². The molecular weight excluding hydrogens is 244 g/mol. The molecule has 0 fully saturated rings. The fourth-order valence-electron chi connectivity index (χ4n) is 1.11. The van der Waals surface area contributed by atoms with Crippen LogP contribution in [-0.2, 0) is 14.3 Å². The Kier molecular flexibility index (Phi) is 8.29. The largest absolute Gasteiger partial charge is 0.480 e. The number of urea groups is 1. The lowest BCUT2D eigenvalue weighted by molar-refractivity contribution is -0.143. The number of esters is 1. The van der Waals surface area contributed by atoms with Gasteiger partial charge in [0.25, 0.3) is 0 Å². The normalized spacial score (nSPS) is 11.4. The Hall–Kier alpha value is -1.83. The highest BCUT2D eigenvalue weighted by Crippen LogP contribution is 1.91. The number of ether oxygens (including phenoxy) is 1. The number of carboxylic acid groups (broad SMARTS) is 1. The van der Waals surface area contributed by atoms with Crippen LogP contribution in [0.5, 0.6) is 0 Å². The van der Waals surface area contributed by atoms with Gasteiger partial charge in [0.1, 0.15) is 6.04 Å². The van der Waals surface area contributed by atoms with Gasteiger partial charge in [-0.1, -0.05) is 0 Å². The van der Waals surface area contributed by atoms with Gasteiger partial charge in [0.15, 0.2) is 0 Å². The third-order valence-corrected chi connectivity index (χ3v) is 1.94. The third-order valence-electron chi connectivity index (χ3n) is 1.94. The van der Waals surface area contributed by atoms with Crippen LogP contribution in [0.1, 0.15) is 19.8 Å². The first-order valence-electron chi connectivity index (χ1n) is 5.54. The van der Waals surface area contributed by atoms with E-state index >= 15 is 0 Å². The van der Waals surface area contributed by atoms with Crippen molar-refractivity contribution >= 4 is 18.0 Å². The molecule has 0 aliphatic carbocycles. The Morgan fingerprint density at radius 2 is 2.00 bits per heavy atom. The zero-order valence-corrected chi connectivity index (χ0v) is 10.1. The van der Waals surface area contributed by atoms with Crippen LogP contribution >= 0.6 is 0 Å². The average Bonchev–Trinajstić information content (AvgIpc) is 2.28. The minimum atomic E-state index is -1.23. The number of carbonyl (C=O) groups is 3. The second kappa shape index (κ2) is 9.23. The lowest BCUT2D eigenvalue weighted by Gasteiger charge is -2.13. The van der Waals surface area contributed by atoms with E-state index in [0.29, 0.717) is 0 Å². The van der Waals surface area contributed by atoms with Gasteiger partial charge in [0.2, 0.25) is 0 Å². The summed E-state index contributed by atoms with van der Waals surface area (Å²) < 4.78 is 4.64. The van der Waals surface area contributed by atoms with E-state index in [0.717, 1.165) is 0 Å². The molecule has 0 aliphatic rings. The molecule has 1 atom stereocenters. The molecule has 8 heteroatoms. The van der Waals surface area contributed by atoms with Gasteiger partial charge in [-0.3, -0.25) is 4.79 Å². The molecule has 0 radical (unpaired) electrons. The summed E-state index contributed by atoms with van der Waals surface area (Å²) >= 11 is 0. The van der Waals surface area contributed by atoms with Gasteiger partial charge in [-0.2, -0.15) is 0 Å². The molecule has 0 bridgehead atoms.